The van der Waals surface area contributed by atoms with Crippen LogP contribution in [0.2, 0.25) is 0 Å². The first kappa shape index (κ1) is 11.2. The van der Waals surface area contributed by atoms with Crippen LogP contribution in [-0.2, 0) is 0 Å². The molecule has 2 aliphatic rings. The number of piperazine rings is 1. The summed E-state index contributed by atoms with van der Waals surface area (Å²) in [4.78, 5) is 21.3. The Morgan fingerprint density at radius 1 is 1.47 bits per heavy atom. The Morgan fingerprint density at radius 3 is 3.12 bits per heavy atom. The summed E-state index contributed by atoms with van der Waals surface area (Å²) in [5.74, 6) is 0.119. The van der Waals surface area contributed by atoms with E-state index in [1.165, 1.54) is 30.7 Å². The number of carbonyl (C=O) groups is 1. The molecule has 0 aromatic carbocycles. The standard InChI is InChI=1S/C12H17N3OS/c1-9(16)11-7-13-12(17-11)15-6-5-14-4-2-3-10(14)8-15/h7,10H,2-6,8H2,1H3. The Balaban J connectivity index is 1.73. The summed E-state index contributed by atoms with van der Waals surface area (Å²) in [7, 11) is 0. The summed E-state index contributed by atoms with van der Waals surface area (Å²) in [5.41, 5.74) is 0. The molecule has 0 spiro atoms. The molecule has 3 heterocycles. The van der Waals surface area contributed by atoms with Gasteiger partial charge in [-0.25, -0.2) is 4.98 Å². The fourth-order valence-corrected chi connectivity index (χ4v) is 3.58. The second kappa shape index (κ2) is 4.38. The van der Waals surface area contributed by atoms with Gasteiger partial charge in [-0.1, -0.05) is 11.3 Å². The zero-order valence-electron chi connectivity index (χ0n) is 10.1. The number of carbonyl (C=O) groups excluding carboxylic acids is 1. The van der Waals surface area contributed by atoms with Crippen LogP contribution in [0, 0.1) is 0 Å². The van der Waals surface area contributed by atoms with Gasteiger partial charge >= 0.3 is 0 Å². The topological polar surface area (TPSA) is 36.4 Å². The zero-order valence-corrected chi connectivity index (χ0v) is 10.9. The van der Waals surface area contributed by atoms with Crippen LogP contribution in [0.5, 0.6) is 0 Å². The molecule has 0 radical (unpaired) electrons. The molecule has 1 atom stereocenters. The first-order chi connectivity index (χ1) is 8.24. The second-order valence-electron chi connectivity index (χ2n) is 4.84. The predicted octanol–water partition coefficient (Wildman–Crippen LogP) is 1.63. The van der Waals surface area contributed by atoms with Gasteiger partial charge < -0.3 is 4.90 Å². The number of nitrogens with zero attached hydrogens (tertiary/aromatic N) is 3. The maximum absolute atomic E-state index is 11.3. The second-order valence-corrected chi connectivity index (χ2v) is 5.85. The lowest BCUT2D eigenvalue weighted by Crippen LogP contribution is -2.50. The number of anilines is 1. The highest BCUT2D eigenvalue weighted by atomic mass is 32.1. The van der Waals surface area contributed by atoms with Crippen LogP contribution in [0.15, 0.2) is 6.20 Å². The van der Waals surface area contributed by atoms with Crippen molar-refractivity contribution >= 4 is 22.3 Å². The summed E-state index contributed by atoms with van der Waals surface area (Å²) in [6.07, 6.45) is 4.35. The molecule has 17 heavy (non-hydrogen) atoms. The summed E-state index contributed by atoms with van der Waals surface area (Å²) in [6.45, 7) is 6.12. The molecule has 4 nitrogen and oxygen atoms in total. The molecule has 1 unspecified atom stereocenters. The molecule has 3 rings (SSSR count). The molecule has 2 fully saturated rings. The Hall–Kier alpha value is -0.940. The van der Waals surface area contributed by atoms with Gasteiger partial charge in [-0.15, -0.1) is 0 Å². The van der Waals surface area contributed by atoms with Gasteiger partial charge in [-0.2, -0.15) is 0 Å². The van der Waals surface area contributed by atoms with E-state index < -0.39 is 0 Å². The van der Waals surface area contributed by atoms with Crippen molar-refractivity contribution in [2.75, 3.05) is 31.1 Å². The average molecular weight is 251 g/mol. The highest BCUT2D eigenvalue weighted by molar-refractivity contribution is 7.17. The summed E-state index contributed by atoms with van der Waals surface area (Å²) in [6, 6.07) is 0.702. The van der Waals surface area contributed by atoms with E-state index in [4.69, 9.17) is 0 Å². The SMILES string of the molecule is CC(=O)c1cnc(N2CCN3CCCC3C2)s1. The number of rotatable bonds is 2. The van der Waals surface area contributed by atoms with Crippen LogP contribution in [0.4, 0.5) is 5.13 Å². The third-order valence-corrected chi connectivity index (χ3v) is 4.86. The van der Waals surface area contributed by atoms with E-state index in [1.54, 1.807) is 13.1 Å². The summed E-state index contributed by atoms with van der Waals surface area (Å²) >= 11 is 1.53. The molecule has 0 bridgehead atoms. The first-order valence-electron chi connectivity index (χ1n) is 6.20. The molecule has 1 aromatic heterocycles. The van der Waals surface area contributed by atoms with Gasteiger partial charge in [0.15, 0.2) is 10.9 Å². The van der Waals surface area contributed by atoms with E-state index in [2.05, 4.69) is 14.8 Å². The molecule has 0 saturated carbocycles. The molecule has 0 amide bonds. The van der Waals surface area contributed by atoms with Crippen molar-refractivity contribution in [3.8, 4) is 0 Å². The normalized spacial score (nSPS) is 25.0. The van der Waals surface area contributed by atoms with Crippen LogP contribution < -0.4 is 4.90 Å². The van der Waals surface area contributed by atoms with E-state index >= 15 is 0 Å². The van der Waals surface area contributed by atoms with Crippen LogP contribution in [0.25, 0.3) is 0 Å². The van der Waals surface area contributed by atoms with Gasteiger partial charge in [-0.05, 0) is 19.4 Å². The maximum Gasteiger partial charge on any atom is 0.186 e. The van der Waals surface area contributed by atoms with Gasteiger partial charge in [0, 0.05) is 32.6 Å². The predicted molar refractivity (Wildman–Crippen MR) is 68.9 cm³/mol. The van der Waals surface area contributed by atoms with Gasteiger partial charge in [0.05, 0.1) is 11.1 Å². The van der Waals surface area contributed by atoms with Crippen LogP contribution in [0.3, 0.4) is 0 Å². The van der Waals surface area contributed by atoms with E-state index in [0.29, 0.717) is 6.04 Å². The third kappa shape index (κ3) is 2.09. The maximum atomic E-state index is 11.3. The number of aromatic nitrogens is 1. The van der Waals surface area contributed by atoms with Crippen LogP contribution >= 0.6 is 11.3 Å². The Labute approximate surface area is 105 Å². The van der Waals surface area contributed by atoms with Gasteiger partial charge in [0.2, 0.25) is 0 Å². The average Bonchev–Trinajstić information content (AvgIpc) is 2.97. The van der Waals surface area contributed by atoms with Gasteiger partial charge in [0.1, 0.15) is 0 Å². The van der Waals surface area contributed by atoms with Gasteiger partial charge in [0.25, 0.3) is 0 Å². The van der Waals surface area contributed by atoms with E-state index in [0.717, 1.165) is 29.6 Å². The van der Waals surface area contributed by atoms with Crippen molar-refractivity contribution in [1.29, 1.82) is 0 Å². The quantitative estimate of drug-likeness (QED) is 0.749. The van der Waals surface area contributed by atoms with Crippen molar-refractivity contribution in [2.45, 2.75) is 25.8 Å². The zero-order chi connectivity index (χ0) is 11.8. The Kier molecular flexibility index (Phi) is 2.88. The summed E-state index contributed by atoms with van der Waals surface area (Å²) in [5, 5.41) is 1.02. The smallest absolute Gasteiger partial charge is 0.186 e. The first-order valence-corrected chi connectivity index (χ1v) is 7.01. The van der Waals surface area contributed by atoms with Gasteiger partial charge in [-0.3, -0.25) is 9.69 Å². The molecule has 2 saturated heterocycles. The molecule has 5 heteroatoms. The monoisotopic (exact) mass is 251 g/mol. The Morgan fingerprint density at radius 2 is 2.35 bits per heavy atom. The minimum Gasteiger partial charge on any atom is -0.345 e. The number of Topliss-reactive ketones (excluding diaryl/α,β-unsaturated/α-hetero) is 1. The lowest BCUT2D eigenvalue weighted by Gasteiger charge is -2.37. The lowest BCUT2D eigenvalue weighted by atomic mass is 10.2. The largest absolute Gasteiger partial charge is 0.345 e. The van der Waals surface area contributed by atoms with Crippen molar-refractivity contribution in [1.82, 2.24) is 9.88 Å². The molecular formula is C12H17N3OS. The number of ketones is 1. The van der Waals surface area contributed by atoms with E-state index in [9.17, 15) is 4.79 Å². The third-order valence-electron chi connectivity index (χ3n) is 3.70. The van der Waals surface area contributed by atoms with Crippen molar-refractivity contribution in [3.63, 3.8) is 0 Å². The highest BCUT2D eigenvalue weighted by Gasteiger charge is 2.31. The summed E-state index contributed by atoms with van der Waals surface area (Å²) < 4.78 is 0. The fraction of sp³-hybridized carbons (Fsp3) is 0.667. The van der Waals surface area contributed by atoms with Crippen LogP contribution in [0.1, 0.15) is 29.4 Å². The number of hydrogen-bond donors (Lipinski definition) is 0. The van der Waals surface area contributed by atoms with E-state index in [-0.39, 0.29) is 5.78 Å². The van der Waals surface area contributed by atoms with Crippen LogP contribution in [-0.4, -0.2) is 47.9 Å². The van der Waals surface area contributed by atoms with Crippen molar-refractivity contribution in [3.05, 3.63) is 11.1 Å². The molecular weight excluding hydrogens is 234 g/mol. The minimum atomic E-state index is 0.119. The number of fused-ring (bicyclic) bond motifs is 1. The molecule has 2 aliphatic heterocycles. The lowest BCUT2D eigenvalue weighted by molar-refractivity contribution is 0.102. The van der Waals surface area contributed by atoms with E-state index in [1.807, 2.05) is 0 Å². The highest BCUT2D eigenvalue weighted by Crippen LogP contribution is 2.28. The molecule has 0 N–H and O–H groups in total. The molecule has 1 aromatic rings. The number of thiazole rings is 1. The Bertz CT molecular complexity index is 431. The number of hydrogen-bond acceptors (Lipinski definition) is 5. The van der Waals surface area contributed by atoms with Crippen molar-refractivity contribution < 1.29 is 4.79 Å². The van der Waals surface area contributed by atoms with Crippen molar-refractivity contribution in [2.24, 2.45) is 0 Å². The molecule has 92 valence electrons. The molecule has 0 aliphatic carbocycles. The minimum absolute atomic E-state index is 0.119. The fourth-order valence-electron chi connectivity index (χ4n) is 2.74.